The molecule has 0 saturated heterocycles. The van der Waals surface area contributed by atoms with Crippen LogP contribution in [-0.4, -0.2) is 23.7 Å². The Morgan fingerprint density at radius 3 is 2.50 bits per heavy atom. The molecule has 0 saturated carbocycles. The van der Waals surface area contributed by atoms with Gasteiger partial charge in [-0.05, 0) is 45.9 Å². The Labute approximate surface area is 127 Å². The molecule has 2 rings (SSSR count). The number of carbonyl (C=O) groups is 1. The molecular weight excluding hydrogens is 323 g/mol. The fraction of sp³-hybridized carbons (Fsp3) is 0.467. The first kappa shape index (κ1) is 15.2. The first-order valence-electron chi connectivity index (χ1n) is 6.41. The average molecular weight is 341 g/mol. The van der Waals surface area contributed by atoms with Crippen LogP contribution in [0.2, 0.25) is 0 Å². The zero-order valence-corrected chi connectivity index (χ0v) is 13.9. The summed E-state index contributed by atoms with van der Waals surface area (Å²) in [4.78, 5) is 18.7. The lowest BCUT2D eigenvalue weighted by Gasteiger charge is -2.46. The molecule has 20 heavy (non-hydrogen) atoms. The lowest BCUT2D eigenvalue weighted by atomic mass is 9.67. The van der Waals surface area contributed by atoms with E-state index < -0.39 is 11.0 Å². The van der Waals surface area contributed by atoms with Gasteiger partial charge in [0.1, 0.15) is 17.2 Å². The smallest absolute Gasteiger partial charge is 0.236 e. The molecule has 0 unspecified atom stereocenters. The highest BCUT2D eigenvalue weighted by Gasteiger charge is 2.53. The second-order valence-electron chi connectivity index (χ2n) is 5.84. The van der Waals surface area contributed by atoms with E-state index in [1.165, 1.54) is 11.0 Å². The van der Waals surface area contributed by atoms with E-state index in [9.17, 15) is 9.18 Å². The van der Waals surface area contributed by atoms with E-state index in [4.69, 9.17) is 0 Å². The molecule has 0 radical (unpaired) electrons. The maximum atomic E-state index is 14.3. The molecule has 0 spiro atoms. The van der Waals surface area contributed by atoms with E-state index in [0.717, 1.165) is 4.47 Å². The standard InChI is InChI=1S/C15H18BrFN2O/c1-9-18-15(4,14(2,3)13(20)19(9)5)11-8-10(16)6-7-12(11)17/h6-8H,1-5H3/t15-/m1/s1. The highest BCUT2D eigenvalue weighted by molar-refractivity contribution is 9.10. The molecule has 1 aromatic carbocycles. The number of rotatable bonds is 1. The van der Waals surface area contributed by atoms with E-state index in [1.54, 1.807) is 26.1 Å². The second kappa shape index (κ2) is 4.65. The lowest BCUT2D eigenvalue weighted by Crippen LogP contribution is -2.56. The van der Waals surface area contributed by atoms with Gasteiger partial charge < -0.3 is 4.90 Å². The van der Waals surface area contributed by atoms with E-state index >= 15 is 0 Å². The van der Waals surface area contributed by atoms with Crippen LogP contribution in [-0.2, 0) is 10.3 Å². The van der Waals surface area contributed by atoms with Gasteiger partial charge in [0.05, 0.1) is 5.41 Å². The van der Waals surface area contributed by atoms with Crippen molar-refractivity contribution < 1.29 is 9.18 Å². The molecule has 0 fully saturated rings. The average Bonchev–Trinajstić information content (AvgIpc) is 2.37. The van der Waals surface area contributed by atoms with E-state index in [1.807, 2.05) is 20.8 Å². The van der Waals surface area contributed by atoms with Crippen LogP contribution >= 0.6 is 15.9 Å². The Kier molecular flexibility index (Phi) is 3.53. The van der Waals surface area contributed by atoms with Crippen molar-refractivity contribution in [2.45, 2.75) is 33.2 Å². The number of aliphatic imine (C=N–C) groups is 1. The molecule has 5 heteroatoms. The first-order valence-corrected chi connectivity index (χ1v) is 7.20. The summed E-state index contributed by atoms with van der Waals surface area (Å²) < 4.78 is 15.0. The Morgan fingerprint density at radius 2 is 1.90 bits per heavy atom. The number of benzene rings is 1. The molecule has 1 aliphatic rings. The quantitative estimate of drug-likeness (QED) is 0.766. The third-order valence-corrected chi connectivity index (χ3v) is 4.87. The monoisotopic (exact) mass is 340 g/mol. The Bertz CT molecular complexity index is 612. The first-order chi connectivity index (χ1) is 9.11. The van der Waals surface area contributed by atoms with Gasteiger partial charge in [-0.3, -0.25) is 9.79 Å². The predicted octanol–water partition coefficient (Wildman–Crippen LogP) is 3.72. The van der Waals surface area contributed by atoms with Gasteiger partial charge in [-0.25, -0.2) is 4.39 Å². The fourth-order valence-electron chi connectivity index (χ4n) is 2.58. The van der Waals surface area contributed by atoms with Crippen LogP contribution in [0.15, 0.2) is 27.7 Å². The Hall–Kier alpha value is -1.23. The van der Waals surface area contributed by atoms with Gasteiger partial charge in [0.2, 0.25) is 5.91 Å². The maximum absolute atomic E-state index is 14.3. The largest absolute Gasteiger partial charge is 0.303 e. The van der Waals surface area contributed by atoms with Crippen LogP contribution in [0.5, 0.6) is 0 Å². The molecule has 0 N–H and O–H groups in total. The van der Waals surface area contributed by atoms with Crippen molar-refractivity contribution in [1.29, 1.82) is 0 Å². The van der Waals surface area contributed by atoms with Crippen molar-refractivity contribution in [2.75, 3.05) is 7.05 Å². The molecule has 108 valence electrons. The van der Waals surface area contributed by atoms with Crippen molar-refractivity contribution in [1.82, 2.24) is 4.90 Å². The van der Waals surface area contributed by atoms with E-state index in [-0.39, 0.29) is 11.7 Å². The van der Waals surface area contributed by atoms with Crippen molar-refractivity contribution >= 4 is 27.7 Å². The lowest BCUT2D eigenvalue weighted by molar-refractivity contribution is -0.140. The van der Waals surface area contributed by atoms with Crippen molar-refractivity contribution in [2.24, 2.45) is 10.4 Å². The van der Waals surface area contributed by atoms with Gasteiger partial charge in [-0.15, -0.1) is 0 Å². The van der Waals surface area contributed by atoms with Gasteiger partial charge in [0, 0.05) is 17.1 Å². The molecule has 0 aliphatic carbocycles. The molecule has 1 aliphatic heterocycles. The fourth-order valence-corrected chi connectivity index (χ4v) is 2.94. The third kappa shape index (κ3) is 1.99. The van der Waals surface area contributed by atoms with Crippen molar-refractivity contribution in [3.8, 4) is 0 Å². The van der Waals surface area contributed by atoms with Gasteiger partial charge in [0.25, 0.3) is 0 Å². The summed E-state index contributed by atoms with van der Waals surface area (Å²) in [5, 5.41) is 0. The number of amides is 1. The molecule has 1 heterocycles. The van der Waals surface area contributed by atoms with Crippen LogP contribution in [0.4, 0.5) is 4.39 Å². The van der Waals surface area contributed by atoms with E-state index in [0.29, 0.717) is 11.4 Å². The molecule has 0 bridgehead atoms. The summed E-state index contributed by atoms with van der Waals surface area (Å²) in [6, 6.07) is 4.74. The highest BCUT2D eigenvalue weighted by Crippen LogP contribution is 2.47. The Morgan fingerprint density at radius 1 is 1.30 bits per heavy atom. The van der Waals surface area contributed by atoms with Gasteiger partial charge in [0.15, 0.2) is 0 Å². The molecule has 1 amide bonds. The highest BCUT2D eigenvalue weighted by atomic mass is 79.9. The number of amidine groups is 1. The van der Waals surface area contributed by atoms with Crippen LogP contribution in [0.3, 0.4) is 0 Å². The molecule has 1 aromatic rings. The van der Waals surface area contributed by atoms with Crippen LogP contribution < -0.4 is 0 Å². The molecular formula is C15H18BrFN2O. The number of hydrogen-bond donors (Lipinski definition) is 0. The minimum absolute atomic E-state index is 0.0631. The Balaban J connectivity index is 2.74. The number of nitrogens with zero attached hydrogens (tertiary/aromatic N) is 2. The van der Waals surface area contributed by atoms with E-state index in [2.05, 4.69) is 20.9 Å². The number of carbonyl (C=O) groups excluding carboxylic acids is 1. The van der Waals surface area contributed by atoms with Crippen LogP contribution in [0.1, 0.15) is 33.3 Å². The second-order valence-corrected chi connectivity index (χ2v) is 6.76. The van der Waals surface area contributed by atoms with Crippen molar-refractivity contribution in [3.05, 3.63) is 34.1 Å². The molecule has 1 atom stereocenters. The SMILES string of the molecule is CC1=N[C@](C)(c2cc(Br)ccc2F)C(C)(C)C(=O)N1C. The summed E-state index contributed by atoms with van der Waals surface area (Å²) in [5.74, 6) is 0.181. The summed E-state index contributed by atoms with van der Waals surface area (Å²) in [7, 11) is 1.69. The van der Waals surface area contributed by atoms with Crippen molar-refractivity contribution in [3.63, 3.8) is 0 Å². The van der Waals surface area contributed by atoms with Crippen LogP contribution in [0, 0.1) is 11.2 Å². The summed E-state index contributed by atoms with van der Waals surface area (Å²) >= 11 is 3.36. The molecule has 3 nitrogen and oxygen atoms in total. The third-order valence-electron chi connectivity index (χ3n) is 4.38. The zero-order valence-electron chi connectivity index (χ0n) is 12.3. The zero-order chi connectivity index (χ0) is 15.3. The number of halogens is 2. The maximum Gasteiger partial charge on any atom is 0.236 e. The van der Waals surface area contributed by atoms with Gasteiger partial charge in [-0.2, -0.15) is 0 Å². The summed E-state index contributed by atoms with van der Waals surface area (Å²) in [5.41, 5.74) is -1.34. The topological polar surface area (TPSA) is 32.7 Å². The molecule has 0 aromatic heterocycles. The van der Waals surface area contributed by atoms with Gasteiger partial charge >= 0.3 is 0 Å². The van der Waals surface area contributed by atoms with Crippen LogP contribution in [0.25, 0.3) is 0 Å². The van der Waals surface area contributed by atoms with Gasteiger partial charge in [-0.1, -0.05) is 15.9 Å². The normalized spacial score (nSPS) is 25.6. The summed E-state index contributed by atoms with van der Waals surface area (Å²) in [6.45, 7) is 7.19. The summed E-state index contributed by atoms with van der Waals surface area (Å²) in [6.07, 6.45) is 0. The minimum Gasteiger partial charge on any atom is -0.303 e. The minimum atomic E-state index is -0.936. The predicted molar refractivity (Wildman–Crippen MR) is 81.1 cm³/mol. The number of hydrogen-bond acceptors (Lipinski definition) is 2.